The summed E-state index contributed by atoms with van der Waals surface area (Å²) in [4.78, 5) is 2.51. The molecule has 0 saturated heterocycles. The molecule has 16 rings (SSSR count). The topological polar surface area (TPSA) is 21.3 Å². The summed E-state index contributed by atoms with van der Waals surface area (Å²) < 4.78 is 9.46. The molecule has 4 heteroatoms. The van der Waals surface area contributed by atoms with Crippen LogP contribution in [0, 0.1) is 20.8 Å². The Morgan fingerprint density at radius 2 is 0.964 bits per heavy atom. The molecule has 11 aromatic carbocycles. The van der Waals surface area contributed by atoms with Gasteiger partial charge in [-0.2, -0.15) is 12.6 Å². The van der Waals surface area contributed by atoms with E-state index in [1.807, 2.05) is 0 Å². The molecule has 0 atom stereocenters. The highest BCUT2D eigenvalue weighted by atomic mass is 32.1. The second kappa shape index (κ2) is 18.3. The highest BCUT2D eigenvalue weighted by molar-refractivity contribution is 7.79. The van der Waals surface area contributed by atoms with Gasteiger partial charge in [-0.15, -0.1) is 0 Å². The Hall–Kier alpha value is -8.83. The van der Waals surface area contributed by atoms with E-state index in [1.54, 1.807) is 6.26 Å². The van der Waals surface area contributed by atoms with Crippen molar-refractivity contribution < 1.29 is 4.42 Å². The van der Waals surface area contributed by atoms with Gasteiger partial charge >= 0.3 is 0 Å². The number of aryl methyl sites for hydroxylation is 2. The third kappa shape index (κ3) is 7.12. The molecule has 0 bridgehead atoms. The molecular formula is C79H66N2OS. The first kappa shape index (κ1) is 51.1. The molecule has 0 fully saturated rings. The first-order chi connectivity index (χ1) is 40.2. The molecule has 0 amide bonds. The first-order valence-corrected chi connectivity index (χ1v) is 30.2. The Morgan fingerprint density at radius 1 is 0.398 bits per heavy atom. The minimum absolute atomic E-state index is 0.232. The molecule has 3 aliphatic carbocycles. The van der Waals surface area contributed by atoms with Crippen LogP contribution in [0.4, 0.5) is 17.1 Å². The number of fused-ring (bicyclic) bond motifs is 18. The fourth-order valence-electron chi connectivity index (χ4n) is 15.4. The summed E-state index contributed by atoms with van der Waals surface area (Å²) in [5.74, 6) is 0. The van der Waals surface area contributed by atoms with E-state index < -0.39 is 0 Å². The van der Waals surface area contributed by atoms with Crippen LogP contribution in [0.2, 0.25) is 0 Å². The Morgan fingerprint density at radius 3 is 1.70 bits per heavy atom. The van der Waals surface area contributed by atoms with E-state index in [0.717, 1.165) is 33.9 Å². The highest BCUT2D eigenvalue weighted by Crippen LogP contribution is 2.64. The SMILES string of the molecule is CS.Cc1ccc(N(c2ccc3c(c2)C(C)(C)c2cc(-c4ccc5c6ccccc6n(-c6ccccc6)c5c4)c(C)c(-c4ccccc4C)c2-3)c2ccc3c(c2)C(C)(C)c2c4c(c5oc6ccccc6c5c2-3)-c2ccccc2C4(C)C)cc1. The maximum atomic E-state index is 7.03. The number of aromatic nitrogens is 1. The van der Waals surface area contributed by atoms with Crippen molar-refractivity contribution in [2.75, 3.05) is 11.2 Å². The van der Waals surface area contributed by atoms with Crippen molar-refractivity contribution in [2.24, 2.45) is 0 Å². The van der Waals surface area contributed by atoms with Gasteiger partial charge in [0.25, 0.3) is 0 Å². The number of hydrogen-bond donors (Lipinski definition) is 1. The number of thiol groups is 1. The second-order valence-electron chi connectivity index (χ2n) is 24.9. The molecule has 2 heterocycles. The fourth-order valence-corrected chi connectivity index (χ4v) is 15.4. The lowest BCUT2D eigenvalue weighted by Gasteiger charge is -2.32. The summed E-state index contributed by atoms with van der Waals surface area (Å²) in [6.45, 7) is 21.5. The van der Waals surface area contributed by atoms with Crippen molar-refractivity contribution in [1.29, 1.82) is 0 Å². The van der Waals surface area contributed by atoms with Gasteiger partial charge in [-0.25, -0.2) is 0 Å². The fraction of sp³-hybridized carbons (Fsp3) is 0.165. The van der Waals surface area contributed by atoms with Crippen LogP contribution < -0.4 is 4.90 Å². The molecule has 83 heavy (non-hydrogen) atoms. The lowest BCUT2D eigenvalue weighted by Crippen LogP contribution is -2.24. The standard InChI is InChI=1S/C78H62N2O.CH4S/c1-45-31-34-50(35-32-45)79(52-37-40-58-63(43-52)78(8,9)73-70(58)71-59-27-17-20-30-67(59)81-75(71)72-56-26-15-18-28-61(56)77(6,7)74(72)73)51-36-39-57-62(42-51)76(4,5)64-44-60(47(3)68(69(57)64)53-24-14-13-21-46(53)2)48-33-38-55-54-25-16-19-29-65(54)80(66(55)41-48)49-22-11-10-12-23-49;1-2/h10-44H,1-9H3;2H,1H3. The van der Waals surface area contributed by atoms with Crippen LogP contribution in [-0.2, 0) is 16.2 Å². The predicted octanol–water partition coefficient (Wildman–Crippen LogP) is 21.9. The maximum Gasteiger partial charge on any atom is 0.144 e. The number of benzene rings is 11. The molecule has 0 spiro atoms. The average Bonchev–Trinajstić information content (AvgIpc) is 2.74. The van der Waals surface area contributed by atoms with Crippen LogP contribution in [0.5, 0.6) is 0 Å². The third-order valence-electron chi connectivity index (χ3n) is 19.3. The van der Waals surface area contributed by atoms with Gasteiger partial charge in [-0.1, -0.05) is 187 Å². The third-order valence-corrected chi connectivity index (χ3v) is 19.3. The predicted molar refractivity (Wildman–Crippen MR) is 355 cm³/mol. The molecule has 404 valence electrons. The zero-order valence-electron chi connectivity index (χ0n) is 49.0. The van der Waals surface area contributed by atoms with Crippen molar-refractivity contribution >= 4 is 73.4 Å². The second-order valence-corrected chi connectivity index (χ2v) is 24.9. The van der Waals surface area contributed by atoms with Crippen molar-refractivity contribution in [2.45, 2.75) is 78.6 Å². The minimum atomic E-state index is -0.340. The largest absolute Gasteiger partial charge is 0.455 e. The Kier molecular flexibility index (Phi) is 11.3. The number of rotatable bonds is 6. The average molecular weight is 1090 g/mol. The van der Waals surface area contributed by atoms with Crippen molar-refractivity contribution in [3.05, 3.63) is 262 Å². The first-order valence-electron chi connectivity index (χ1n) is 29.3. The zero-order chi connectivity index (χ0) is 57.0. The van der Waals surface area contributed by atoms with Gasteiger partial charge in [0.2, 0.25) is 0 Å². The van der Waals surface area contributed by atoms with Crippen molar-refractivity contribution in [3.8, 4) is 61.3 Å². The molecule has 0 N–H and O–H groups in total. The zero-order valence-corrected chi connectivity index (χ0v) is 49.9. The van der Waals surface area contributed by atoms with Crippen molar-refractivity contribution in [3.63, 3.8) is 0 Å². The summed E-state index contributed by atoms with van der Waals surface area (Å²) in [5, 5.41) is 4.91. The molecular weight excluding hydrogens is 1020 g/mol. The van der Waals surface area contributed by atoms with E-state index in [4.69, 9.17) is 4.42 Å². The van der Waals surface area contributed by atoms with E-state index in [9.17, 15) is 0 Å². The van der Waals surface area contributed by atoms with Crippen LogP contribution in [0.15, 0.2) is 217 Å². The number of furan rings is 1. The van der Waals surface area contributed by atoms with Crippen molar-refractivity contribution in [1.82, 2.24) is 4.57 Å². The minimum Gasteiger partial charge on any atom is -0.455 e. The van der Waals surface area contributed by atoms with Crippen LogP contribution >= 0.6 is 12.6 Å². The number of nitrogens with zero attached hydrogens (tertiary/aromatic N) is 2. The van der Waals surface area contributed by atoms with Gasteiger partial charge in [-0.05, 0) is 194 Å². The Balaban J connectivity index is 0.00000291. The van der Waals surface area contributed by atoms with Gasteiger partial charge in [0.1, 0.15) is 11.2 Å². The van der Waals surface area contributed by atoms with Crippen LogP contribution in [0.25, 0.3) is 105 Å². The lowest BCUT2D eigenvalue weighted by molar-refractivity contribution is 0.600. The normalized spacial score (nSPS) is 14.5. The summed E-state index contributed by atoms with van der Waals surface area (Å²) in [7, 11) is 0. The summed E-state index contributed by atoms with van der Waals surface area (Å²) in [6.07, 6.45) is 1.69. The van der Waals surface area contributed by atoms with E-state index in [1.165, 1.54) is 138 Å². The molecule has 0 saturated carbocycles. The van der Waals surface area contributed by atoms with E-state index in [2.05, 4.69) is 297 Å². The van der Waals surface area contributed by atoms with Crippen LogP contribution in [-0.4, -0.2) is 10.8 Å². The lowest BCUT2D eigenvalue weighted by atomic mass is 9.72. The number of hydrogen-bond acceptors (Lipinski definition) is 3. The van der Waals surface area contributed by atoms with E-state index >= 15 is 0 Å². The molecule has 3 nitrogen and oxygen atoms in total. The molecule has 13 aromatic rings. The van der Waals surface area contributed by atoms with Crippen LogP contribution in [0.1, 0.15) is 91.6 Å². The summed E-state index contributed by atoms with van der Waals surface area (Å²) in [6, 6.07) is 79.7. The van der Waals surface area contributed by atoms with Gasteiger partial charge in [-0.3, -0.25) is 0 Å². The van der Waals surface area contributed by atoms with E-state index in [0.29, 0.717) is 0 Å². The number of anilines is 3. The molecule has 0 aliphatic heterocycles. The highest BCUT2D eigenvalue weighted by Gasteiger charge is 2.49. The van der Waals surface area contributed by atoms with Gasteiger partial charge < -0.3 is 13.9 Å². The Bertz CT molecular complexity index is 4870. The van der Waals surface area contributed by atoms with Gasteiger partial charge in [0.05, 0.1) is 11.0 Å². The summed E-state index contributed by atoms with van der Waals surface area (Å²) in [5.41, 5.74) is 32.9. The molecule has 0 radical (unpaired) electrons. The number of para-hydroxylation sites is 3. The maximum absolute atomic E-state index is 7.03. The van der Waals surface area contributed by atoms with Gasteiger partial charge in [0, 0.05) is 66.1 Å². The summed E-state index contributed by atoms with van der Waals surface area (Å²) >= 11 is 3.53. The Labute approximate surface area is 492 Å². The van der Waals surface area contributed by atoms with Gasteiger partial charge in [0.15, 0.2) is 0 Å². The molecule has 0 unspecified atom stereocenters. The quantitative estimate of drug-likeness (QED) is 0.168. The molecule has 2 aromatic heterocycles. The smallest absolute Gasteiger partial charge is 0.144 e. The van der Waals surface area contributed by atoms with E-state index in [-0.39, 0.29) is 16.2 Å². The van der Waals surface area contributed by atoms with Crippen LogP contribution in [0.3, 0.4) is 0 Å². The monoisotopic (exact) mass is 1090 g/mol. The molecule has 3 aliphatic rings.